The lowest BCUT2D eigenvalue weighted by atomic mass is 10.3. The SMILES string of the molecule is O=[N+]([O-])c1ccc(-n2cccc2-c2nc3ccccc3s2)cc1. The van der Waals surface area contributed by atoms with Crippen LogP contribution in [-0.4, -0.2) is 14.5 Å². The van der Waals surface area contributed by atoms with Crippen molar-refractivity contribution in [2.45, 2.75) is 0 Å². The van der Waals surface area contributed by atoms with E-state index in [0.717, 1.165) is 26.6 Å². The largest absolute Gasteiger partial charge is 0.314 e. The minimum Gasteiger partial charge on any atom is -0.314 e. The van der Waals surface area contributed by atoms with Gasteiger partial charge in [-0.3, -0.25) is 10.1 Å². The van der Waals surface area contributed by atoms with Gasteiger partial charge in [-0.2, -0.15) is 0 Å². The zero-order valence-electron chi connectivity index (χ0n) is 11.9. The van der Waals surface area contributed by atoms with E-state index in [1.807, 2.05) is 41.1 Å². The molecule has 5 nitrogen and oxygen atoms in total. The van der Waals surface area contributed by atoms with Crippen LogP contribution in [0.25, 0.3) is 26.6 Å². The molecule has 23 heavy (non-hydrogen) atoms. The fraction of sp³-hybridized carbons (Fsp3) is 0. The molecule has 0 aliphatic rings. The first kappa shape index (κ1) is 13.7. The maximum Gasteiger partial charge on any atom is 0.269 e. The van der Waals surface area contributed by atoms with Crippen molar-refractivity contribution in [2.24, 2.45) is 0 Å². The Morgan fingerprint density at radius 3 is 2.52 bits per heavy atom. The second-order valence-electron chi connectivity index (χ2n) is 5.02. The first-order valence-corrected chi connectivity index (χ1v) is 7.82. The molecule has 0 saturated heterocycles. The third kappa shape index (κ3) is 2.39. The van der Waals surface area contributed by atoms with E-state index >= 15 is 0 Å². The Balaban J connectivity index is 1.80. The average molecular weight is 321 g/mol. The number of para-hydroxylation sites is 1. The molecule has 0 fully saturated rings. The Morgan fingerprint density at radius 1 is 1.00 bits per heavy atom. The first-order valence-electron chi connectivity index (χ1n) is 7.00. The summed E-state index contributed by atoms with van der Waals surface area (Å²) in [6, 6.07) is 18.5. The lowest BCUT2D eigenvalue weighted by molar-refractivity contribution is -0.384. The van der Waals surface area contributed by atoms with Crippen LogP contribution in [0, 0.1) is 10.1 Å². The van der Waals surface area contributed by atoms with Crippen LogP contribution in [0.4, 0.5) is 5.69 Å². The fourth-order valence-corrected chi connectivity index (χ4v) is 3.49. The summed E-state index contributed by atoms with van der Waals surface area (Å²) in [7, 11) is 0. The van der Waals surface area contributed by atoms with Gasteiger partial charge in [-0.05, 0) is 36.4 Å². The van der Waals surface area contributed by atoms with E-state index < -0.39 is 4.92 Å². The molecule has 112 valence electrons. The van der Waals surface area contributed by atoms with Crippen molar-refractivity contribution in [3.05, 3.63) is 77.0 Å². The van der Waals surface area contributed by atoms with Crippen molar-refractivity contribution in [1.29, 1.82) is 0 Å². The van der Waals surface area contributed by atoms with E-state index in [1.54, 1.807) is 23.5 Å². The average Bonchev–Trinajstić information content (AvgIpc) is 3.21. The van der Waals surface area contributed by atoms with Crippen LogP contribution in [0.5, 0.6) is 0 Å². The van der Waals surface area contributed by atoms with Gasteiger partial charge in [0.25, 0.3) is 5.69 Å². The number of benzene rings is 2. The van der Waals surface area contributed by atoms with E-state index in [2.05, 4.69) is 11.1 Å². The van der Waals surface area contributed by atoms with Crippen LogP contribution in [-0.2, 0) is 0 Å². The van der Waals surface area contributed by atoms with Crippen LogP contribution in [0.1, 0.15) is 0 Å². The molecule has 2 aromatic carbocycles. The smallest absolute Gasteiger partial charge is 0.269 e. The number of fused-ring (bicyclic) bond motifs is 1. The summed E-state index contributed by atoms with van der Waals surface area (Å²) in [5.41, 5.74) is 2.90. The highest BCUT2D eigenvalue weighted by atomic mass is 32.1. The van der Waals surface area contributed by atoms with Crippen LogP contribution in [0.3, 0.4) is 0 Å². The monoisotopic (exact) mass is 321 g/mol. The minimum atomic E-state index is -0.395. The molecule has 0 radical (unpaired) electrons. The zero-order chi connectivity index (χ0) is 15.8. The molecule has 0 atom stereocenters. The summed E-state index contributed by atoms with van der Waals surface area (Å²) in [5, 5.41) is 11.7. The third-order valence-corrected chi connectivity index (χ3v) is 4.66. The van der Waals surface area contributed by atoms with Crippen molar-refractivity contribution in [2.75, 3.05) is 0 Å². The summed E-state index contributed by atoms with van der Waals surface area (Å²) in [4.78, 5) is 15.1. The summed E-state index contributed by atoms with van der Waals surface area (Å²) in [6.07, 6.45) is 1.93. The normalized spacial score (nSPS) is 11.0. The molecule has 0 amide bonds. The Morgan fingerprint density at radius 2 is 1.78 bits per heavy atom. The first-order chi connectivity index (χ1) is 11.2. The fourth-order valence-electron chi connectivity index (χ4n) is 2.50. The molecule has 4 aromatic rings. The lowest BCUT2D eigenvalue weighted by Gasteiger charge is -2.06. The third-order valence-electron chi connectivity index (χ3n) is 3.60. The molecule has 4 rings (SSSR count). The van der Waals surface area contributed by atoms with E-state index in [4.69, 9.17) is 0 Å². The molecule has 6 heteroatoms. The van der Waals surface area contributed by atoms with Gasteiger partial charge in [-0.15, -0.1) is 11.3 Å². The molecule has 0 aliphatic carbocycles. The van der Waals surface area contributed by atoms with Gasteiger partial charge in [0.05, 0.1) is 20.8 Å². The van der Waals surface area contributed by atoms with Gasteiger partial charge >= 0.3 is 0 Å². The Hall–Kier alpha value is -2.99. The van der Waals surface area contributed by atoms with E-state index in [-0.39, 0.29) is 5.69 Å². The number of hydrogen-bond acceptors (Lipinski definition) is 4. The standard InChI is InChI=1S/C17H11N3O2S/c21-20(22)13-9-7-12(8-10-13)19-11-3-5-15(19)17-18-14-4-1-2-6-16(14)23-17/h1-11H. The number of non-ortho nitro benzene ring substituents is 1. The van der Waals surface area contributed by atoms with Gasteiger partial charge in [0.1, 0.15) is 5.01 Å². The Labute approximate surface area is 135 Å². The quantitative estimate of drug-likeness (QED) is 0.407. The molecule has 0 saturated carbocycles. The van der Waals surface area contributed by atoms with Gasteiger partial charge in [0, 0.05) is 24.0 Å². The summed E-state index contributed by atoms with van der Waals surface area (Å²) in [5.74, 6) is 0. The number of nitrogens with zero attached hydrogens (tertiary/aromatic N) is 3. The highest BCUT2D eigenvalue weighted by molar-refractivity contribution is 7.21. The number of thiazole rings is 1. The van der Waals surface area contributed by atoms with Gasteiger partial charge in [0.2, 0.25) is 0 Å². The van der Waals surface area contributed by atoms with Gasteiger partial charge in [-0.1, -0.05) is 12.1 Å². The topological polar surface area (TPSA) is 61.0 Å². The second-order valence-corrected chi connectivity index (χ2v) is 6.05. The molecule has 0 unspecified atom stereocenters. The number of rotatable bonds is 3. The summed E-state index contributed by atoms with van der Waals surface area (Å²) < 4.78 is 3.13. The molecular weight excluding hydrogens is 310 g/mol. The van der Waals surface area contributed by atoms with Gasteiger partial charge in [-0.25, -0.2) is 4.98 Å². The number of nitro groups is 1. The maximum atomic E-state index is 10.8. The van der Waals surface area contributed by atoms with Crippen LogP contribution < -0.4 is 0 Å². The number of nitro benzene ring substituents is 1. The zero-order valence-corrected chi connectivity index (χ0v) is 12.7. The predicted molar refractivity (Wildman–Crippen MR) is 91.0 cm³/mol. The molecule has 2 aromatic heterocycles. The molecular formula is C17H11N3O2S. The van der Waals surface area contributed by atoms with Crippen LogP contribution in [0.15, 0.2) is 66.9 Å². The van der Waals surface area contributed by atoms with E-state index in [0.29, 0.717) is 0 Å². The Kier molecular flexibility index (Phi) is 3.17. The second kappa shape index (κ2) is 5.33. The molecule has 0 N–H and O–H groups in total. The number of aromatic nitrogens is 2. The maximum absolute atomic E-state index is 10.8. The molecule has 0 spiro atoms. The molecule has 2 heterocycles. The number of hydrogen-bond donors (Lipinski definition) is 0. The van der Waals surface area contributed by atoms with Crippen molar-refractivity contribution in [3.63, 3.8) is 0 Å². The van der Waals surface area contributed by atoms with Gasteiger partial charge < -0.3 is 4.57 Å². The van der Waals surface area contributed by atoms with Crippen LogP contribution >= 0.6 is 11.3 Å². The molecule has 0 aliphatic heterocycles. The molecule has 0 bridgehead atoms. The van der Waals surface area contributed by atoms with Crippen molar-refractivity contribution >= 4 is 27.2 Å². The lowest BCUT2D eigenvalue weighted by Crippen LogP contribution is -1.95. The van der Waals surface area contributed by atoms with Crippen molar-refractivity contribution < 1.29 is 4.92 Å². The summed E-state index contributed by atoms with van der Waals surface area (Å²) in [6.45, 7) is 0. The van der Waals surface area contributed by atoms with E-state index in [1.165, 1.54) is 12.1 Å². The predicted octanol–water partition coefficient (Wildman–Crippen LogP) is 4.66. The highest BCUT2D eigenvalue weighted by Gasteiger charge is 2.12. The van der Waals surface area contributed by atoms with Crippen molar-refractivity contribution in [3.8, 4) is 16.4 Å². The minimum absolute atomic E-state index is 0.0856. The Bertz CT molecular complexity index is 969. The van der Waals surface area contributed by atoms with Crippen molar-refractivity contribution in [1.82, 2.24) is 9.55 Å². The summed E-state index contributed by atoms with van der Waals surface area (Å²) >= 11 is 1.63. The van der Waals surface area contributed by atoms with Gasteiger partial charge in [0.15, 0.2) is 0 Å². The van der Waals surface area contributed by atoms with E-state index in [9.17, 15) is 10.1 Å². The highest BCUT2D eigenvalue weighted by Crippen LogP contribution is 2.32. The van der Waals surface area contributed by atoms with Crippen LogP contribution in [0.2, 0.25) is 0 Å².